The van der Waals surface area contributed by atoms with Crippen molar-refractivity contribution in [1.82, 2.24) is 0 Å². The van der Waals surface area contributed by atoms with Gasteiger partial charge in [-0.3, -0.25) is 10.1 Å². The fraction of sp³-hybridized carbons (Fsp3) is 0.176. The van der Waals surface area contributed by atoms with Crippen molar-refractivity contribution >= 4 is 15.5 Å². The average Bonchev–Trinajstić information content (AvgIpc) is 2.65. The van der Waals surface area contributed by atoms with E-state index in [2.05, 4.69) is 4.74 Å². The number of hydrogen-bond acceptors (Lipinski definition) is 6. The summed E-state index contributed by atoms with van der Waals surface area (Å²) in [5.74, 6) is -0.861. The molecule has 0 radical (unpaired) electrons. The minimum atomic E-state index is -5.24. The Hall–Kier alpha value is -3.50. The lowest BCUT2D eigenvalue weighted by molar-refractivity contribution is -0.411. The average molecular weight is 524 g/mol. The maximum Gasteiger partial charge on any atom is 0.573 e. The number of halogens is 9. The fourth-order valence-corrected chi connectivity index (χ4v) is 3.50. The SMILES string of the molecule is O=[N+]([O-])/C(=C\Nc1cc(C(F)(F)F)cc(C(F)(F)F)c1)S(=O)(=O)c1ccc(OC(F)(F)F)cc1. The van der Waals surface area contributed by atoms with Crippen LogP contribution in [0.1, 0.15) is 11.1 Å². The maximum atomic E-state index is 12.9. The number of rotatable bonds is 6. The van der Waals surface area contributed by atoms with Crippen LogP contribution in [0, 0.1) is 10.1 Å². The molecule has 0 saturated carbocycles. The van der Waals surface area contributed by atoms with Crippen LogP contribution in [0.15, 0.2) is 58.6 Å². The van der Waals surface area contributed by atoms with E-state index in [9.17, 15) is 58.0 Å². The van der Waals surface area contributed by atoms with Gasteiger partial charge in [-0.25, -0.2) is 8.42 Å². The highest BCUT2D eigenvalue weighted by Gasteiger charge is 2.37. The van der Waals surface area contributed by atoms with Crippen molar-refractivity contribution in [3.63, 3.8) is 0 Å². The third-order valence-corrected chi connectivity index (χ3v) is 5.48. The summed E-state index contributed by atoms with van der Waals surface area (Å²) in [6.45, 7) is 0. The zero-order chi connectivity index (χ0) is 26.1. The van der Waals surface area contributed by atoms with E-state index in [0.717, 1.165) is 0 Å². The molecule has 0 unspecified atom stereocenters. The van der Waals surface area contributed by atoms with Gasteiger partial charge in [0.05, 0.1) is 27.1 Å². The summed E-state index contributed by atoms with van der Waals surface area (Å²) in [4.78, 5) is 8.81. The predicted octanol–water partition coefficient (Wildman–Crippen LogP) is 5.58. The molecule has 0 heterocycles. The summed E-state index contributed by atoms with van der Waals surface area (Å²) in [5, 5.41) is 11.2. The summed E-state index contributed by atoms with van der Waals surface area (Å²) in [6, 6.07) is 2.16. The third kappa shape index (κ3) is 6.75. The van der Waals surface area contributed by atoms with Gasteiger partial charge in [0, 0.05) is 5.69 Å². The molecule has 0 bridgehead atoms. The Bertz CT molecular complexity index is 1170. The first-order valence-electron chi connectivity index (χ1n) is 8.32. The van der Waals surface area contributed by atoms with Crippen molar-refractivity contribution in [2.45, 2.75) is 23.6 Å². The van der Waals surface area contributed by atoms with Crippen molar-refractivity contribution < 1.29 is 57.6 Å². The van der Waals surface area contributed by atoms with Gasteiger partial charge >= 0.3 is 23.7 Å². The zero-order valence-electron chi connectivity index (χ0n) is 15.9. The molecule has 0 atom stereocenters. The number of ether oxygens (including phenoxy) is 1. The Balaban J connectivity index is 2.47. The molecule has 0 aliphatic rings. The summed E-state index contributed by atoms with van der Waals surface area (Å²) in [6.07, 6.45) is -15.6. The Morgan fingerprint density at radius 1 is 0.882 bits per heavy atom. The molecule has 0 fully saturated rings. The number of nitrogens with zero attached hydrogens (tertiary/aromatic N) is 1. The van der Waals surface area contributed by atoms with Crippen LogP contribution in [-0.2, 0) is 22.2 Å². The Labute approximate surface area is 183 Å². The molecule has 0 amide bonds. The van der Waals surface area contributed by atoms with Gasteiger partial charge in [-0.15, -0.1) is 13.2 Å². The van der Waals surface area contributed by atoms with Gasteiger partial charge in [-0.1, -0.05) is 0 Å². The third-order valence-electron chi connectivity index (χ3n) is 3.77. The number of nitrogens with one attached hydrogen (secondary N) is 1. The second-order valence-electron chi connectivity index (χ2n) is 6.20. The number of alkyl halides is 9. The van der Waals surface area contributed by atoms with Crippen LogP contribution in [0.5, 0.6) is 5.75 Å². The van der Waals surface area contributed by atoms with E-state index in [1.807, 2.05) is 0 Å². The molecule has 34 heavy (non-hydrogen) atoms. The highest BCUT2D eigenvalue weighted by atomic mass is 32.2. The Morgan fingerprint density at radius 2 is 1.35 bits per heavy atom. The molecule has 0 saturated heterocycles. The molecule has 186 valence electrons. The van der Waals surface area contributed by atoms with Crippen molar-refractivity contribution in [1.29, 1.82) is 0 Å². The Morgan fingerprint density at radius 3 is 1.74 bits per heavy atom. The molecule has 0 spiro atoms. The van der Waals surface area contributed by atoms with Crippen molar-refractivity contribution in [3.8, 4) is 5.75 Å². The minimum absolute atomic E-state index is 0.0328. The van der Waals surface area contributed by atoms with Gasteiger partial charge in [0.15, 0.2) is 0 Å². The van der Waals surface area contributed by atoms with Gasteiger partial charge in [-0.05, 0) is 42.5 Å². The second kappa shape index (κ2) is 9.03. The summed E-state index contributed by atoms with van der Waals surface area (Å²) >= 11 is 0. The summed E-state index contributed by atoms with van der Waals surface area (Å²) in [5.41, 5.74) is -4.53. The van der Waals surface area contributed by atoms with Crippen LogP contribution < -0.4 is 10.1 Å². The molecule has 7 nitrogen and oxygen atoms in total. The van der Waals surface area contributed by atoms with Crippen molar-refractivity contribution in [2.75, 3.05) is 5.32 Å². The van der Waals surface area contributed by atoms with Crippen LogP contribution in [0.4, 0.5) is 45.2 Å². The van der Waals surface area contributed by atoms with E-state index in [-0.39, 0.29) is 24.4 Å². The van der Waals surface area contributed by atoms with Gasteiger partial charge < -0.3 is 10.1 Å². The highest BCUT2D eigenvalue weighted by Crippen LogP contribution is 2.37. The molecule has 2 aromatic carbocycles. The van der Waals surface area contributed by atoms with Gasteiger partial charge in [0.2, 0.25) is 0 Å². The fourth-order valence-electron chi connectivity index (χ4n) is 2.35. The smallest absolute Gasteiger partial charge is 0.406 e. The van der Waals surface area contributed by atoms with Crippen LogP contribution >= 0.6 is 0 Å². The number of nitro groups is 1. The lowest BCUT2D eigenvalue weighted by atomic mass is 10.1. The normalized spacial score (nSPS) is 13.5. The second-order valence-corrected chi connectivity index (χ2v) is 8.10. The number of anilines is 1. The zero-order valence-corrected chi connectivity index (χ0v) is 16.7. The predicted molar refractivity (Wildman–Crippen MR) is 95.5 cm³/mol. The van der Waals surface area contributed by atoms with Crippen LogP contribution in [-0.4, -0.2) is 19.7 Å². The minimum Gasteiger partial charge on any atom is -0.406 e. The van der Waals surface area contributed by atoms with Crippen molar-refractivity contribution in [3.05, 3.63) is 74.9 Å². The van der Waals surface area contributed by atoms with E-state index in [1.54, 1.807) is 5.32 Å². The Kier molecular flexibility index (Phi) is 7.11. The highest BCUT2D eigenvalue weighted by molar-refractivity contribution is 7.95. The van der Waals surface area contributed by atoms with Crippen LogP contribution in [0.2, 0.25) is 0 Å². The molecule has 17 heteroatoms. The maximum absolute atomic E-state index is 12.9. The van der Waals surface area contributed by atoms with Gasteiger partial charge in [0.1, 0.15) is 5.75 Å². The van der Waals surface area contributed by atoms with E-state index in [0.29, 0.717) is 24.3 Å². The topological polar surface area (TPSA) is 98.5 Å². The quantitative estimate of drug-likeness (QED) is 0.301. The molecular formula is C17H9F9N2O5S. The van der Waals surface area contributed by atoms with Gasteiger partial charge in [-0.2, -0.15) is 26.3 Å². The van der Waals surface area contributed by atoms with Crippen LogP contribution in [0.3, 0.4) is 0 Å². The number of hydrogen-bond donors (Lipinski definition) is 1. The molecule has 0 aliphatic carbocycles. The number of benzene rings is 2. The standard InChI is InChI=1S/C17H9F9N2O5S/c18-15(19,20)9-5-10(16(21,22)23)7-11(6-9)27-8-14(28(29)30)34(31,32)13-3-1-12(2-4-13)33-17(24,25)26/h1-8,27H/b14-8+. The summed E-state index contributed by atoms with van der Waals surface area (Å²) in [7, 11) is -5.09. The first-order chi connectivity index (χ1) is 15.3. The molecule has 0 aliphatic heterocycles. The number of sulfone groups is 1. The van der Waals surface area contributed by atoms with E-state index in [1.165, 1.54) is 0 Å². The molecular weight excluding hydrogens is 515 g/mol. The van der Waals surface area contributed by atoms with E-state index in [4.69, 9.17) is 0 Å². The molecule has 1 N–H and O–H groups in total. The molecule has 2 aromatic rings. The molecule has 2 rings (SSSR count). The summed E-state index contributed by atoms with van der Waals surface area (Å²) < 4.78 is 143. The van der Waals surface area contributed by atoms with E-state index < -0.39 is 66.0 Å². The van der Waals surface area contributed by atoms with Crippen LogP contribution in [0.25, 0.3) is 0 Å². The lowest BCUT2D eigenvalue weighted by Gasteiger charge is -2.14. The monoisotopic (exact) mass is 524 g/mol. The van der Waals surface area contributed by atoms with Gasteiger partial charge in [0.25, 0.3) is 9.84 Å². The largest absolute Gasteiger partial charge is 0.573 e. The van der Waals surface area contributed by atoms with E-state index >= 15 is 0 Å². The van der Waals surface area contributed by atoms with Crippen molar-refractivity contribution in [2.24, 2.45) is 0 Å². The molecule has 0 aromatic heterocycles. The lowest BCUT2D eigenvalue weighted by Crippen LogP contribution is -2.17. The first kappa shape index (κ1) is 26.7. The first-order valence-corrected chi connectivity index (χ1v) is 9.80.